The average Bonchev–Trinajstić information content (AvgIpc) is 2.17. The van der Waals surface area contributed by atoms with Gasteiger partial charge in [-0.15, -0.1) is 5.10 Å². The van der Waals surface area contributed by atoms with Gasteiger partial charge in [-0.3, -0.25) is 9.78 Å². The van der Waals surface area contributed by atoms with E-state index in [1.807, 2.05) is 11.8 Å². The number of H-pyrrole nitrogens is 2. The van der Waals surface area contributed by atoms with E-state index in [2.05, 4.69) is 20.5 Å². The molecule has 2 heterocycles. The molecule has 1 saturated heterocycles. The molecule has 0 aliphatic carbocycles. The number of piperazine rings is 1. The van der Waals surface area contributed by atoms with E-state index < -0.39 is 11.2 Å². The zero-order chi connectivity index (χ0) is 10.8. The Labute approximate surface area is 85.5 Å². The van der Waals surface area contributed by atoms with Crippen LogP contribution in [-0.4, -0.2) is 40.9 Å². The smallest absolute Gasteiger partial charge is 0.342 e. The standard InChI is InChI=1S/C8H13N5O2/c1-5-4-13(3-2-9-5)6-7(14)10-8(15)12-11-6/h5,9H,2-4H2,1H3,(H2,10,12,14,15)/t5-/m1/s1. The Bertz CT molecular complexity index is 451. The van der Waals surface area contributed by atoms with E-state index in [-0.39, 0.29) is 5.82 Å². The normalized spacial score (nSPS) is 21.7. The third kappa shape index (κ3) is 2.07. The summed E-state index contributed by atoms with van der Waals surface area (Å²) in [6, 6.07) is 0.312. The quantitative estimate of drug-likeness (QED) is 0.512. The van der Waals surface area contributed by atoms with Crippen molar-refractivity contribution in [3.8, 4) is 0 Å². The topological polar surface area (TPSA) is 93.9 Å². The molecule has 0 bridgehead atoms. The molecule has 0 radical (unpaired) electrons. The molecule has 0 spiro atoms. The lowest BCUT2D eigenvalue weighted by Gasteiger charge is -2.31. The number of aromatic nitrogens is 3. The van der Waals surface area contributed by atoms with Gasteiger partial charge < -0.3 is 10.2 Å². The van der Waals surface area contributed by atoms with Crippen molar-refractivity contribution in [1.82, 2.24) is 20.5 Å². The summed E-state index contributed by atoms with van der Waals surface area (Å²) < 4.78 is 0. The van der Waals surface area contributed by atoms with Crippen molar-refractivity contribution in [3.63, 3.8) is 0 Å². The minimum atomic E-state index is -0.577. The maximum atomic E-state index is 11.4. The van der Waals surface area contributed by atoms with Crippen LogP contribution in [0, 0.1) is 0 Å². The van der Waals surface area contributed by atoms with Gasteiger partial charge in [0.2, 0.25) is 5.82 Å². The second kappa shape index (κ2) is 3.85. The van der Waals surface area contributed by atoms with Crippen LogP contribution in [0.4, 0.5) is 5.82 Å². The summed E-state index contributed by atoms with van der Waals surface area (Å²) in [5, 5.41) is 9.24. The Morgan fingerprint density at radius 3 is 2.93 bits per heavy atom. The van der Waals surface area contributed by atoms with Gasteiger partial charge in [-0.25, -0.2) is 9.89 Å². The molecule has 0 saturated carbocycles. The molecule has 0 unspecified atom stereocenters. The molecule has 2 rings (SSSR count). The molecule has 7 heteroatoms. The van der Waals surface area contributed by atoms with Crippen molar-refractivity contribution >= 4 is 5.82 Å². The van der Waals surface area contributed by atoms with Gasteiger partial charge in [0, 0.05) is 25.7 Å². The molecule has 0 amide bonds. The number of nitrogens with zero attached hydrogens (tertiary/aromatic N) is 2. The second-order valence-corrected chi connectivity index (χ2v) is 3.63. The number of hydrogen-bond acceptors (Lipinski definition) is 5. The van der Waals surface area contributed by atoms with Gasteiger partial charge in [0.1, 0.15) is 0 Å². The minimum absolute atomic E-state index is 0.281. The van der Waals surface area contributed by atoms with Crippen LogP contribution in [0.2, 0.25) is 0 Å². The molecule has 0 aromatic carbocycles. The molecular weight excluding hydrogens is 198 g/mol. The SMILES string of the molecule is C[C@@H]1CN(c2n[nH]c(=O)[nH]c2=O)CCN1. The predicted molar refractivity (Wildman–Crippen MR) is 55.2 cm³/mol. The molecule has 7 nitrogen and oxygen atoms in total. The average molecular weight is 211 g/mol. The molecule has 1 aliphatic heterocycles. The minimum Gasteiger partial charge on any atom is -0.348 e. The van der Waals surface area contributed by atoms with Gasteiger partial charge in [-0.1, -0.05) is 0 Å². The Kier molecular flexibility index (Phi) is 2.55. The summed E-state index contributed by atoms with van der Waals surface area (Å²) >= 11 is 0. The molecule has 3 N–H and O–H groups in total. The first kappa shape index (κ1) is 9.91. The van der Waals surface area contributed by atoms with Crippen LogP contribution in [0.1, 0.15) is 6.92 Å². The Morgan fingerprint density at radius 1 is 1.47 bits per heavy atom. The number of aromatic amines is 2. The highest BCUT2D eigenvalue weighted by Gasteiger charge is 2.19. The lowest BCUT2D eigenvalue weighted by Crippen LogP contribution is -2.51. The molecule has 1 aromatic rings. The van der Waals surface area contributed by atoms with E-state index >= 15 is 0 Å². The molecule has 15 heavy (non-hydrogen) atoms. The maximum absolute atomic E-state index is 11.4. The first-order valence-electron chi connectivity index (χ1n) is 4.84. The summed E-state index contributed by atoms with van der Waals surface area (Å²) in [5.74, 6) is 0.281. The van der Waals surface area contributed by atoms with Gasteiger partial charge in [-0.05, 0) is 6.92 Å². The van der Waals surface area contributed by atoms with Crippen molar-refractivity contribution in [3.05, 3.63) is 20.8 Å². The monoisotopic (exact) mass is 211 g/mol. The van der Waals surface area contributed by atoms with E-state index in [4.69, 9.17) is 0 Å². The van der Waals surface area contributed by atoms with E-state index in [9.17, 15) is 9.59 Å². The highest BCUT2D eigenvalue weighted by molar-refractivity contribution is 5.35. The van der Waals surface area contributed by atoms with Crippen LogP contribution in [0.3, 0.4) is 0 Å². The third-order valence-electron chi connectivity index (χ3n) is 2.36. The Hall–Kier alpha value is -1.63. The number of hydrogen-bond donors (Lipinski definition) is 3. The van der Waals surface area contributed by atoms with Crippen LogP contribution in [0.25, 0.3) is 0 Å². The van der Waals surface area contributed by atoms with Crippen molar-refractivity contribution in [2.75, 3.05) is 24.5 Å². The summed E-state index contributed by atoms with van der Waals surface area (Å²) in [4.78, 5) is 26.2. The highest BCUT2D eigenvalue weighted by atomic mass is 16.2. The van der Waals surface area contributed by atoms with Gasteiger partial charge in [0.05, 0.1) is 0 Å². The molecule has 1 aromatic heterocycles. The predicted octanol–water partition coefficient (Wildman–Crippen LogP) is -1.74. The number of nitrogens with one attached hydrogen (secondary N) is 3. The molecule has 1 atom stereocenters. The number of anilines is 1. The second-order valence-electron chi connectivity index (χ2n) is 3.63. The van der Waals surface area contributed by atoms with Gasteiger partial charge >= 0.3 is 5.69 Å². The van der Waals surface area contributed by atoms with Crippen molar-refractivity contribution in [2.24, 2.45) is 0 Å². The van der Waals surface area contributed by atoms with Crippen molar-refractivity contribution in [1.29, 1.82) is 0 Å². The maximum Gasteiger partial charge on any atom is 0.342 e. The summed E-state index contributed by atoms with van der Waals surface area (Å²) in [5.41, 5.74) is -1.01. The van der Waals surface area contributed by atoms with Crippen LogP contribution in [0.5, 0.6) is 0 Å². The van der Waals surface area contributed by atoms with E-state index in [1.54, 1.807) is 0 Å². The third-order valence-corrected chi connectivity index (χ3v) is 2.36. The fourth-order valence-electron chi connectivity index (χ4n) is 1.68. The summed E-state index contributed by atoms with van der Waals surface area (Å²) in [6.07, 6.45) is 0. The zero-order valence-electron chi connectivity index (χ0n) is 8.41. The van der Waals surface area contributed by atoms with Crippen LogP contribution >= 0.6 is 0 Å². The first-order chi connectivity index (χ1) is 7.16. The van der Waals surface area contributed by atoms with Gasteiger partial charge in [-0.2, -0.15) is 0 Å². The molecule has 1 aliphatic rings. The molecular formula is C8H13N5O2. The van der Waals surface area contributed by atoms with E-state index in [0.29, 0.717) is 19.1 Å². The van der Waals surface area contributed by atoms with Gasteiger partial charge in [0.15, 0.2) is 0 Å². The largest absolute Gasteiger partial charge is 0.348 e. The van der Waals surface area contributed by atoms with Crippen molar-refractivity contribution < 1.29 is 0 Å². The van der Waals surface area contributed by atoms with E-state index in [0.717, 1.165) is 6.54 Å². The molecule has 82 valence electrons. The fraction of sp³-hybridized carbons (Fsp3) is 0.625. The van der Waals surface area contributed by atoms with Crippen LogP contribution in [-0.2, 0) is 0 Å². The number of rotatable bonds is 1. The molecule has 1 fully saturated rings. The summed E-state index contributed by atoms with van der Waals surface area (Å²) in [6.45, 7) is 4.27. The zero-order valence-corrected chi connectivity index (χ0v) is 8.41. The van der Waals surface area contributed by atoms with Crippen molar-refractivity contribution in [2.45, 2.75) is 13.0 Å². The fourth-order valence-corrected chi connectivity index (χ4v) is 1.68. The Morgan fingerprint density at radius 2 is 2.27 bits per heavy atom. The Balaban J connectivity index is 2.29. The highest BCUT2D eigenvalue weighted by Crippen LogP contribution is 2.04. The van der Waals surface area contributed by atoms with Crippen LogP contribution < -0.4 is 21.5 Å². The van der Waals surface area contributed by atoms with Crippen LogP contribution in [0.15, 0.2) is 9.59 Å². The lowest BCUT2D eigenvalue weighted by atomic mass is 10.2. The first-order valence-corrected chi connectivity index (χ1v) is 4.84. The van der Waals surface area contributed by atoms with E-state index in [1.165, 1.54) is 0 Å². The van der Waals surface area contributed by atoms with Gasteiger partial charge in [0.25, 0.3) is 5.56 Å². The lowest BCUT2D eigenvalue weighted by molar-refractivity contribution is 0.479. The summed E-state index contributed by atoms with van der Waals surface area (Å²) in [7, 11) is 0.